The fraction of sp³-hybridized carbons (Fsp3) is 0.261. The average molecular weight is 436 g/mol. The van der Waals surface area contributed by atoms with Gasteiger partial charge in [0.25, 0.3) is 5.56 Å². The number of hydrogen-bond donors (Lipinski definition) is 0. The molecule has 7 nitrogen and oxygen atoms in total. The van der Waals surface area contributed by atoms with E-state index >= 15 is 0 Å². The van der Waals surface area contributed by atoms with Crippen LogP contribution in [-0.4, -0.2) is 27.8 Å². The molecule has 2 aromatic carbocycles. The van der Waals surface area contributed by atoms with Gasteiger partial charge < -0.3 is 14.2 Å². The van der Waals surface area contributed by atoms with Gasteiger partial charge in [-0.05, 0) is 42.3 Å². The average Bonchev–Trinajstić information content (AvgIpc) is 3.34. The molecule has 0 bridgehead atoms. The number of fused-ring (bicyclic) bond motifs is 2. The van der Waals surface area contributed by atoms with E-state index < -0.39 is 6.10 Å². The van der Waals surface area contributed by atoms with Crippen molar-refractivity contribution in [1.82, 2.24) is 14.6 Å². The van der Waals surface area contributed by atoms with Crippen molar-refractivity contribution >= 4 is 22.4 Å². The van der Waals surface area contributed by atoms with Gasteiger partial charge in [-0.3, -0.25) is 4.79 Å². The Bertz CT molecular complexity index is 1310. The van der Waals surface area contributed by atoms with Gasteiger partial charge in [-0.2, -0.15) is 9.50 Å². The van der Waals surface area contributed by atoms with Crippen LogP contribution >= 0.6 is 11.3 Å². The topological polar surface area (TPSA) is 74.9 Å². The van der Waals surface area contributed by atoms with E-state index in [1.807, 2.05) is 54.6 Å². The predicted octanol–water partition coefficient (Wildman–Crippen LogP) is 3.39. The van der Waals surface area contributed by atoms with Crippen LogP contribution in [0.5, 0.6) is 17.2 Å². The van der Waals surface area contributed by atoms with Crippen LogP contribution in [-0.2, 0) is 0 Å². The molecule has 1 atom stereocenters. The summed E-state index contributed by atoms with van der Waals surface area (Å²) in [5, 5.41) is 4.39. The van der Waals surface area contributed by atoms with E-state index in [4.69, 9.17) is 14.2 Å². The maximum Gasteiger partial charge on any atom is 0.291 e. The van der Waals surface area contributed by atoms with Crippen LogP contribution in [0.2, 0.25) is 0 Å². The second-order valence-electron chi connectivity index (χ2n) is 7.22. The molecule has 5 rings (SSSR count). The van der Waals surface area contributed by atoms with Crippen LogP contribution in [0.25, 0.3) is 11.0 Å². The fourth-order valence-electron chi connectivity index (χ4n) is 3.28. The highest BCUT2D eigenvalue weighted by atomic mass is 32.1. The molecule has 3 heterocycles. The van der Waals surface area contributed by atoms with Crippen molar-refractivity contribution in [3.05, 3.63) is 74.8 Å². The Morgan fingerprint density at radius 1 is 1.19 bits per heavy atom. The lowest BCUT2D eigenvalue weighted by Gasteiger charge is -2.24. The van der Waals surface area contributed by atoms with Gasteiger partial charge in [0.2, 0.25) is 4.96 Å². The Balaban J connectivity index is 1.37. The number of para-hydroxylation sites is 2. The Morgan fingerprint density at radius 3 is 2.77 bits per heavy atom. The van der Waals surface area contributed by atoms with Crippen molar-refractivity contribution in [2.75, 3.05) is 13.2 Å². The molecule has 31 heavy (non-hydrogen) atoms. The summed E-state index contributed by atoms with van der Waals surface area (Å²) in [5.41, 5.74) is 0.726. The molecule has 0 spiro atoms. The van der Waals surface area contributed by atoms with Crippen molar-refractivity contribution < 1.29 is 14.2 Å². The third-order valence-corrected chi connectivity index (χ3v) is 5.90. The van der Waals surface area contributed by atoms with Crippen LogP contribution in [0.15, 0.2) is 53.3 Å². The quantitative estimate of drug-likeness (QED) is 0.432. The highest BCUT2D eigenvalue weighted by Gasteiger charge is 2.27. The zero-order chi connectivity index (χ0) is 21.2. The Kier molecular flexibility index (Phi) is 5.30. The number of nitrogens with zero attached hydrogens (tertiary/aromatic N) is 3. The normalized spacial score (nSPS) is 16.0. The number of ether oxygens (including phenoxy) is 3. The molecule has 1 aliphatic heterocycles. The van der Waals surface area contributed by atoms with Crippen molar-refractivity contribution in [2.24, 2.45) is 0 Å². The first-order valence-corrected chi connectivity index (χ1v) is 11.1. The molecule has 2 aromatic heterocycles. The number of rotatable bonds is 6. The molecular weight excluding hydrogens is 414 g/mol. The van der Waals surface area contributed by atoms with Crippen LogP contribution in [0, 0.1) is 0 Å². The van der Waals surface area contributed by atoms with Crippen LogP contribution in [0.4, 0.5) is 0 Å². The molecule has 0 fully saturated rings. The summed E-state index contributed by atoms with van der Waals surface area (Å²) >= 11 is 1.30. The molecule has 158 valence electrons. The van der Waals surface area contributed by atoms with Gasteiger partial charge in [-0.15, -0.1) is 5.10 Å². The molecular formula is C23H21N3O4S. The molecule has 0 N–H and O–H groups in total. The molecule has 0 amide bonds. The van der Waals surface area contributed by atoms with Gasteiger partial charge in [0.05, 0.1) is 11.1 Å². The van der Waals surface area contributed by atoms with E-state index in [0.717, 1.165) is 24.2 Å². The second kappa shape index (κ2) is 8.39. The zero-order valence-electron chi connectivity index (χ0n) is 17.0. The summed E-state index contributed by atoms with van der Waals surface area (Å²) in [6, 6.07) is 15.2. The van der Waals surface area contributed by atoms with Gasteiger partial charge in [-0.1, -0.05) is 48.9 Å². The molecule has 4 aromatic rings. The zero-order valence-corrected chi connectivity index (χ0v) is 17.8. The minimum Gasteiger partial charge on any atom is -0.494 e. The van der Waals surface area contributed by atoms with Crippen LogP contribution in [0.1, 0.15) is 37.3 Å². The lowest BCUT2D eigenvalue weighted by Crippen LogP contribution is -2.26. The van der Waals surface area contributed by atoms with Gasteiger partial charge in [0.1, 0.15) is 12.4 Å². The third-order valence-electron chi connectivity index (χ3n) is 4.94. The van der Waals surface area contributed by atoms with Gasteiger partial charge in [0.15, 0.2) is 23.4 Å². The third kappa shape index (κ3) is 3.98. The Labute approximate surface area is 182 Å². The van der Waals surface area contributed by atoms with E-state index in [0.29, 0.717) is 40.0 Å². The molecule has 0 saturated carbocycles. The lowest BCUT2D eigenvalue weighted by atomic mass is 10.2. The Hall–Kier alpha value is -3.39. The molecule has 0 radical (unpaired) electrons. The summed E-state index contributed by atoms with van der Waals surface area (Å²) in [5.74, 6) is 2.62. The van der Waals surface area contributed by atoms with Crippen molar-refractivity contribution in [1.29, 1.82) is 0 Å². The highest BCUT2D eigenvalue weighted by Crippen LogP contribution is 2.35. The first-order valence-electron chi connectivity index (χ1n) is 10.2. The smallest absolute Gasteiger partial charge is 0.291 e. The summed E-state index contributed by atoms with van der Waals surface area (Å²) < 4.78 is 19.3. The summed E-state index contributed by atoms with van der Waals surface area (Å²) in [4.78, 5) is 17.9. The van der Waals surface area contributed by atoms with E-state index in [1.54, 1.807) is 0 Å². The summed E-state index contributed by atoms with van der Waals surface area (Å²) in [6.07, 6.45) is 3.52. The number of unbranched alkanes of at least 4 members (excludes halogenated alkanes) is 1. The number of aromatic nitrogens is 3. The van der Waals surface area contributed by atoms with Gasteiger partial charge in [0, 0.05) is 0 Å². The SMILES string of the molecule is CCCCOc1ccc(/C=c2\sc3nc(C4COc5ccccc5O4)nn3c2=O)cc1. The molecule has 1 unspecified atom stereocenters. The first-order chi connectivity index (χ1) is 15.2. The number of thiazole rings is 1. The predicted molar refractivity (Wildman–Crippen MR) is 118 cm³/mol. The Morgan fingerprint density at radius 2 is 2.00 bits per heavy atom. The molecule has 1 aliphatic rings. The summed E-state index contributed by atoms with van der Waals surface area (Å²) in [7, 11) is 0. The van der Waals surface area contributed by atoms with E-state index in [9.17, 15) is 4.79 Å². The van der Waals surface area contributed by atoms with E-state index in [2.05, 4.69) is 17.0 Å². The van der Waals surface area contributed by atoms with Gasteiger partial charge in [-0.25, -0.2) is 0 Å². The minimum absolute atomic E-state index is 0.195. The fourth-order valence-corrected chi connectivity index (χ4v) is 4.19. The largest absolute Gasteiger partial charge is 0.494 e. The summed E-state index contributed by atoms with van der Waals surface area (Å²) in [6.45, 7) is 3.14. The molecule has 0 saturated heterocycles. The first kappa shape index (κ1) is 19.6. The van der Waals surface area contributed by atoms with Crippen LogP contribution in [0.3, 0.4) is 0 Å². The van der Waals surface area contributed by atoms with Gasteiger partial charge >= 0.3 is 0 Å². The lowest BCUT2D eigenvalue weighted by molar-refractivity contribution is 0.0852. The van der Waals surface area contributed by atoms with E-state index in [-0.39, 0.29) is 5.56 Å². The molecule has 8 heteroatoms. The maximum atomic E-state index is 12.8. The monoisotopic (exact) mass is 435 g/mol. The standard InChI is InChI=1S/C23H21N3O4S/c1-2-3-12-28-16-10-8-15(9-11-16)13-20-22(27)26-23(31-20)24-21(25-26)19-14-29-17-6-4-5-7-18(17)30-19/h4-11,13,19H,2-3,12,14H2,1H3/b20-13-. The van der Waals surface area contributed by atoms with E-state index in [1.165, 1.54) is 15.9 Å². The van der Waals surface area contributed by atoms with Crippen LogP contribution < -0.4 is 24.3 Å². The highest BCUT2D eigenvalue weighted by molar-refractivity contribution is 7.15. The van der Waals surface area contributed by atoms with Crippen molar-refractivity contribution in [3.8, 4) is 17.2 Å². The van der Waals surface area contributed by atoms with Crippen molar-refractivity contribution in [2.45, 2.75) is 25.9 Å². The minimum atomic E-state index is -0.450. The maximum absolute atomic E-state index is 12.8. The number of benzene rings is 2. The van der Waals surface area contributed by atoms with Crippen molar-refractivity contribution in [3.63, 3.8) is 0 Å². The number of hydrogen-bond acceptors (Lipinski definition) is 7. The molecule has 0 aliphatic carbocycles. The second-order valence-corrected chi connectivity index (χ2v) is 8.22.